The summed E-state index contributed by atoms with van der Waals surface area (Å²) in [6, 6.07) is 54.0. The minimum atomic E-state index is -0.0962. The summed E-state index contributed by atoms with van der Waals surface area (Å²) < 4.78 is 0. The molecule has 3 heteroatoms. The Hall–Kier alpha value is -6.19. The Labute approximate surface area is 286 Å². The van der Waals surface area contributed by atoms with Crippen molar-refractivity contribution in [1.82, 2.24) is 15.0 Å². The number of hydrogen-bond acceptors (Lipinski definition) is 3. The second-order valence-corrected chi connectivity index (χ2v) is 13.3. The molecule has 0 unspecified atom stereocenters. The maximum Gasteiger partial charge on any atom is 0.160 e. The van der Waals surface area contributed by atoms with Gasteiger partial charge in [0.15, 0.2) is 5.82 Å². The van der Waals surface area contributed by atoms with E-state index in [2.05, 4.69) is 146 Å². The number of aromatic nitrogens is 3. The largest absolute Gasteiger partial charge is 0.264 e. The lowest BCUT2D eigenvalue weighted by Crippen LogP contribution is -2.14. The molecule has 0 aliphatic heterocycles. The summed E-state index contributed by atoms with van der Waals surface area (Å²) in [5, 5.41) is 2.55. The Kier molecular flexibility index (Phi) is 6.80. The first kappa shape index (κ1) is 29.0. The third-order valence-corrected chi connectivity index (χ3v) is 9.97. The van der Waals surface area contributed by atoms with E-state index in [9.17, 15) is 0 Å². The van der Waals surface area contributed by atoms with E-state index >= 15 is 0 Å². The van der Waals surface area contributed by atoms with Crippen molar-refractivity contribution in [2.24, 2.45) is 0 Å². The molecule has 1 aliphatic carbocycles. The van der Waals surface area contributed by atoms with Crippen molar-refractivity contribution in [3.05, 3.63) is 175 Å². The van der Waals surface area contributed by atoms with Gasteiger partial charge in [0.25, 0.3) is 0 Å². The molecule has 0 saturated carbocycles. The molecule has 49 heavy (non-hydrogen) atoms. The molecule has 0 spiro atoms. The van der Waals surface area contributed by atoms with Crippen molar-refractivity contribution >= 4 is 10.8 Å². The first-order chi connectivity index (χ1) is 24.0. The van der Waals surface area contributed by atoms with Crippen LogP contribution in [0.4, 0.5) is 0 Å². The van der Waals surface area contributed by atoms with Crippen LogP contribution in [0.3, 0.4) is 0 Å². The normalized spacial score (nSPS) is 12.9. The van der Waals surface area contributed by atoms with Crippen LogP contribution < -0.4 is 0 Å². The van der Waals surface area contributed by atoms with Crippen molar-refractivity contribution < 1.29 is 0 Å². The molecule has 1 aliphatic rings. The zero-order valence-corrected chi connectivity index (χ0v) is 27.4. The monoisotopic (exact) mass is 627 g/mol. The highest BCUT2D eigenvalue weighted by Crippen LogP contribution is 2.53. The van der Waals surface area contributed by atoms with E-state index < -0.39 is 0 Å². The Morgan fingerprint density at radius 1 is 0.429 bits per heavy atom. The molecule has 8 aromatic rings. The van der Waals surface area contributed by atoms with Gasteiger partial charge < -0.3 is 0 Å². The number of fused-ring (bicyclic) bond motifs is 4. The fraction of sp³-hybridized carbons (Fsp3) is 0.0652. The zero-order valence-electron chi connectivity index (χ0n) is 27.4. The number of hydrogen-bond donors (Lipinski definition) is 0. The second-order valence-electron chi connectivity index (χ2n) is 13.3. The van der Waals surface area contributed by atoms with Crippen molar-refractivity contribution in [1.29, 1.82) is 0 Å². The van der Waals surface area contributed by atoms with Crippen molar-refractivity contribution in [3.63, 3.8) is 0 Å². The lowest BCUT2D eigenvalue weighted by atomic mass is 9.81. The number of rotatable bonds is 5. The van der Waals surface area contributed by atoms with E-state index in [0.717, 1.165) is 39.2 Å². The fourth-order valence-electron chi connectivity index (χ4n) is 7.39. The first-order valence-corrected chi connectivity index (χ1v) is 16.8. The maximum absolute atomic E-state index is 5.15. The van der Waals surface area contributed by atoms with Crippen LogP contribution in [0.25, 0.3) is 78.1 Å². The highest BCUT2D eigenvalue weighted by Gasteiger charge is 2.37. The SMILES string of the molecule is CC1(C)c2cc3ccccc3cc2-c2c(-c3cccc(-c4cc(-c5ccc(-c6cccnc6)cc5)nc(-c5ccccc5)n4)c3)cccc21. The molecule has 2 heterocycles. The highest BCUT2D eigenvalue weighted by molar-refractivity contribution is 5.99. The molecule has 2 aromatic heterocycles. The third-order valence-electron chi connectivity index (χ3n) is 9.97. The van der Waals surface area contributed by atoms with Gasteiger partial charge in [-0.1, -0.05) is 135 Å². The number of pyridine rings is 1. The molecular weight excluding hydrogens is 595 g/mol. The van der Waals surface area contributed by atoms with Gasteiger partial charge >= 0.3 is 0 Å². The first-order valence-electron chi connectivity index (χ1n) is 16.8. The number of benzene rings is 6. The average molecular weight is 628 g/mol. The summed E-state index contributed by atoms with van der Waals surface area (Å²) in [6.07, 6.45) is 3.69. The van der Waals surface area contributed by atoms with Crippen LogP contribution in [0.2, 0.25) is 0 Å². The minimum Gasteiger partial charge on any atom is -0.264 e. The molecule has 0 radical (unpaired) electrons. The Bertz CT molecular complexity index is 2500. The van der Waals surface area contributed by atoms with Crippen molar-refractivity contribution in [2.45, 2.75) is 19.3 Å². The second kappa shape index (κ2) is 11.5. The van der Waals surface area contributed by atoms with E-state index in [1.165, 1.54) is 44.2 Å². The summed E-state index contributed by atoms with van der Waals surface area (Å²) in [7, 11) is 0. The van der Waals surface area contributed by atoms with Crippen LogP contribution in [-0.2, 0) is 5.41 Å². The van der Waals surface area contributed by atoms with Gasteiger partial charge in [0.2, 0.25) is 0 Å². The van der Waals surface area contributed by atoms with Crippen LogP contribution in [-0.4, -0.2) is 15.0 Å². The smallest absolute Gasteiger partial charge is 0.160 e. The summed E-state index contributed by atoms with van der Waals surface area (Å²) in [6.45, 7) is 4.70. The molecule has 0 amide bonds. The van der Waals surface area contributed by atoms with Gasteiger partial charge in [0.05, 0.1) is 11.4 Å². The molecular formula is C46H33N3. The van der Waals surface area contributed by atoms with E-state index in [4.69, 9.17) is 9.97 Å². The van der Waals surface area contributed by atoms with Crippen LogP contribution >= 0.6 is 0 Å². The van der Waals surface area contributed by atoms with Gasteiger partial charge in [-0.3, -0.25) is 4.98 Å². The third kappa shape index (κ3) is 5.03. The van der Waals surface area contributed by atoms with Gasteiger partial charge in [-0.25, -0.2) is 9.97 Å². The summed E-state index contributed by atoms with van der Waals surface area (Å²) in [5.41, 5.74) is 14.8. The zero-order chi connectivity index (χ0) is 33.0. The highest BCUT2D eigenvalue weighted by atomic mass is 14.9. The summed E-state index contributed by atoms with van der Waals surface area (Å²) in [5.74, 6) is 0.706. The standard InChI is InChI=1S/C46H33N3/c1-46(2)40-19-9-18-38(44(40)39-26-33-13-6-7-14-34(33)27-41(39)46)35-15-8-16-36(25-35)43-28-42(48-45(49-43)32-11-4-3-5-12-32)31-22-20-30(21-23-31)37-17-10-24-47-29-37/h3-29H,1-2H3. The lowest BCUT2D eigenvalue weighted by molar-refractivity contribution is 0.661. The number of nitrogens with zero attached hydrogens (tertiary/aromatic N) is 3. The summed E-state index contributed by atoms with van der Waals surface area (Å²) in [4.78, 5) is 14.5. The van der Waals surface area contributed by atoms with Crippen molar-refractivity contribution in [3.8, 4) is 67.3 Å². The Balaban J connectivity index is 1.17. The predicted octanol–water partition coefficient (Wildman–Crippen LogP) is 11.7. The van der Waals surface area contributed by atoms with Crippen LogP contribution in [0.1, 0.15) is 25.0 Å². The maximum atomic E-state index is 5.15. The van der Waals surface area contributed by atoms with E-state index in [1.807, 2.05) is 30.5 Å². The Morgan fingerprint density at radius 3 is 1.86 bits per heavy atom. The predicted molar refractivity (Wildman–Crippen MR) is 202 cm³/mol. The van der Waals surface area contributed by atoms with Crippen LogP contribution in [0.15, 0.2) is 164 Å². The van der Waals surface area contributed by atoms with E-state index in [1.54, 1.807) is 6.20 Å². The van der Waals surface area contributed by atoms with Gasteiger partial charge in [-0.05, 0) is 85.6 Å². The lowest BCUT2D eigenvalue weighted by Gasteiger charge is -2.22. The molecule has 232 valence electrons. The van der Waals surface area contributed by atoms with Crippen LogP contribution in [0.5, 0.6) is 0 Å². The molecule has 0 saturated heterocycles. The van der Waals surface area contributed by atoms with Gasteiger partial charge in [0.1, 0.15) is 0 Å². The quantitative estimate of drug-likeness (QED) is 0.191. The molecule has 3 nitrogen and oxygen atoms in total. The average Bonchev–Trinajstić information content (AvgIpc) is 3.39. The van der Waals surface area contributed by atoms with Gasteiger partial charge in [-0.15, -0.1) is 0 Å². The molecule has 0 atom stereocenters. The molecule has 0 N–H and O–H groups in total. The summed E-state index contributed by atoms with van der Waals surface area (Å²) >= 11 is 0. The molecule has 0 fully saturated rings. The van der Waals surface area contributed by atoms with Gasteiger partial charge in [0, 0.05) is 34.5 Å². The topological polar surface area (TPSA) is 38.7 Å². The molecule has 0 bridgehead atoms. The molecule has 9 rings (SSSR count). The van der Waals surface area contributed by atoms with E-state index in [-0.39, 0.29) is 5.41 Å². The molecule has 6 aromatic carbocycles. The van der Waals surface area contributed by atoms with Gasteiger partial charge in [-0.2, -0.15) is 0 Å². The van der Waals surface area contributed by atoms with Crippen LogP contribution in [0, 0.1) is 0 Å². The fourth-order valence-corrected chi connectivity index (χ4v) is 7.39. The minimum absolute atomic E-state index is 0.0962. The Morgan fingerprint density at radius 2 is 1.08 bits per heavy atom. The van der Waals surface area contributed by atoms with E-state index in [0.29, 0.717) is 5.82 Å². The van der Waals surface area contributed by atoms with Crippen molar-refractivity contribution in [2.75, 3.05) is 0 Å².